The number of nitrogens with two attached hydrogens (primary N) is 1. The number of benzene rings is 1. The highest BCUT2D eigenvalue weighted by Crippen LogP contribution is 2.30. The van der Waals surface area contributed by atoms with Crippen molar-refractivity contribution in [3.8, 4) is 0 Å². The number of thiophene rings is 1. The highest BCUT2D eigenvalue weighted by Gasteiger charge is 2.14. The smallest absolute Gasteiger partial charge is 0.264 e. The summed E-state index contributed by atoms with van der Waals surface area (Å²) in [5, 5.41) is 26.3. The number of carbonyl (C=O) groups excluding carboxylic acids is 1. The van der Waals surface area contributed by atoms with Crippen LogP contribution < -0.4 is 16.6 Å². The first kappa shape index (κ1) is 23.5. The van der Waals surface area contributed by atoms with E-state index in [4.69, 9.17) is 17.4 Å². The van der Waals surface area contributed by atoms with E-state index in [1.54, 1.807) is 17.6 Å². The number of hydrogen-bond acceptors (Lipinski definition) is 12. The number of hydrazone groups is 1. The average molecular weight is 538 g/mol. The van der Waals surface area contributed by atoms with Crippen LogP contribution in [0.2, 0.25) is 5.02 Å². The quantitative estimate of drug-likeness (QED) is 0.0900. The molecular formula is C18H16ClN9OS4. The molecule has 0 aliphatic heterocycles. The first-order chi connectivity index (χ1) is 16.1. The van der Waals surface area contributed by atoms with E-state index in [2.05, 4.69) is 36.2 Å². The van der Waals surface area contributed by atoms with Crippen molar-refractivity contribution in [3.63, 3.8) is 0 Å². The molecule has 0 fully saturated rings. The normalized spacial score (nSPS) is 11.2. The van der Waals surface area contributed by atoms with Crippen LogP contribution in [-0.2, 0) is 10.5 Å². The number of nitrogens with zero attached hydrogens (tertiary/aromatic N) is 6. The van der Waals surface area contributed by atoms with Crippen LogP contribution in [-0.4, -0.2) is 42.9 Å². The minimum atomic E-state index is -0.257. The molecule has 0 aliphatic rings. The Hall–Kier alpha value is -2.65. The standard InChI is InChI=1S/C18H16ClN9OS4/c19-13-6-2-1-4-11(13)9-32-18-27-25-16(33-18)22-14(29)10-31-17-26-24-15(28(17)20)23-21-8-12-5-3-7-30-12/h1-8H,9-10,20H2,(H,23,24)(H,22,25,29)/b21-8+. The molecule has 0 aliphatic carbocycles. The zero-order valence-electron chi connectivity index (χ0n) is 16.7. The Kier molecular flexibility index (Phi) is 8.17. The minimum absolute atomic E-state index is 0.0788. The Bertz CT molecular complexity index is 1240. The summed E-state index contributed by atoms with van der Waals surface area (Å²) in [5.74, 6) is 6.72. The minimum Gasteiger partial charge on any atom is -0.334 e. The van der Waals surface area contributed by atoms with Gasteiger partial charge in [-0.25, -0.2) is 10.1 Å². The lowest BCUT2D eigenvalue weighted by Crippen LogP contribution is -2.16. The largest absolute Gasteiger partial charge is 0.334 e. The van der Waals surface area contributed by atoms with Crippen LogP contribution in [0.1, 0.15) is 10.4 Å². The van der Waals surface area contributed by atoms with Crippen molar-refractivity contribution in [2.75, 3.05) is 22.3 Å². The lowest BCUT2D eigenvalue weighted by Gasteiger charge is -2.03. The molecule has 0 bridgehead atoms. The number of anilines is 2. The van der Waals surface area contributed by atoms with Crippen LogP contribution in [0.15, 0.2) is 56.4 Å². The summed E-state index contributed by atoms with van der Waals surface area (Å²) < 4.78 is 1.97. The van der Waals surface area contributed by atoms with Crippen LogP contribution in [0.3, 0.4) is 0 Å². The molecule has 1 amide bonds. The first-order valence-corrected chi connectivity index (χ1v) is 13.3. The molecule has 4 N–H and O–H groups in total. The highest BCUT2D eigenvalue weighted by atomic mass is 35.5. The molecule has 0 saturated carbocycles. The number of rotatable bonds is 10. The Morgan fingerprint density at radius 1 is 1.18 bits per heavy atom. The second kappa shape index (κ2) is 11.5. The van der Waals surface area contributed by atoms with E-state index in [0.717, 1.165) is 26.5 Å². The lowest BCUT2D eigenvalue weighted by molar-refractivity contribution is -0.113. The molecule has 4 aromatic rings. The number of nitrogen functional groups attached to an aromatic ring is 1. The Balaban J connectivity index is 1.23. The molecule has 1 aromatic carbocycles. The van der Waals surface area contributed by atoms with Gasteiger partial charge >= 0.3 is 0 Å². The summed E-state index contributed by atoms with van der Waals surface area (Å²) in [6.07, 6.45) is 1.66. The van der Waals surface area contributed by atoms with Crippen LogP contribution in [0, 0.1) is 0 Å². The number of nitrogens with one attached hydrogen (secondary N) is 2. The summed E-state index contributed by atoms with van der Waals surface area (Å²) in [6, 6.07) is 11.5. The fraction of sp³-hybridized carbons (Fsp3) is 0.111. The first-order valence-electron chi connectivity index (χ1n) is 9.24. The predicted octanol–water partition coefficient (Wildman–Crippen LogP) is 4.03. The number of halogens is 1. The van der Waals surface area contributed by atoms with Gasteiger partial charge in [0.25, 0.3) is 5.95 Å². The van der Waals surface area contributed by atoms with Gasteiger partial charge in [-0.3, -0.25) is 10.1 Å². The van der Waals surface area contributed by atoms with Crippen molar-refractivity contribution < 1.29 is 4.79 Å². The van der Waals surface area contributed by atoms with Crippen LogP contribution in [0.25, 0.3) is 0 Å². The van der Waals surface area contributed by atoms with Gasteiger partial charge in [0.15, 0.2) is 4.34 Å². The number of aromatic nitrogens is 5. The maximum atomic E-state index is 12.3. The monoisotopic (exact) mass is 537 g/mol. The van der Waals surface area contributed by atoms with Crippen LogP contribution >= 0.6 is 57.8 Å². The molecule has 0 atom stereocenters. The second-order valence-electron chi connectivity index (χ2n) is 6.15. The summed E-state index contributed by atoms with van der Waals surface area (Å²) in [6.45, 7) is 0. The molecule has 10 nitrogen and oxygen atoms in total. The number of carbonyl (C=O) groups is 1. The predicted molar refractivity (Wildman–Crippen MR) is 136 cm³/mol. The molecule has 170 valence electrons. The van der Waals surface area contributed by atoms with Gasteiger partial charge in [-0.1, -0.05) is 70.7 Å². The van der Waals surface area contributed by atoms with E-state index >= 15 is 0 Å². The van der Waals surface area contributed by atoms with Gasteiger partial charge in [0.2, 0.25) is 16.2 Å². The van der Waals surface area contributed by atoms with Crippen LogP contribution in [0.4, 0.5) is 11.1 Å². The van der Waals surface area contributed by atoms with Crippen molar-refractivity contribution in [2.45, 2.75) is 15.2 Å². The summed E-state index contributed by atoms with van der Waals surface area (Å²) in [4.78, 5) is 13.3. The van der Waals surface area contributed by atoms with Crippen molar-refractivity contribution in [3.05, 3.63) is 57.2 Å². The maximum Gasteiger partial charge on any atom is 0.264 e. The van der Waals surface area contributed by atoms with E-state index in [1.165, 1.54) is 27.8 Å². The second-order valence-corrected chi connectivity index (χ2v) is 10.7. The molecule has 0 radical (unpaired) electrons. The van der Waals surface area contributed by atoms with Gasteiger partial charge in [0.05, 0.1) is 12.0 Å². The molecule has 3 heterocycles. The third-order valence-electron chi connectivity index (χ3n) is 3.86. The Labute approximate surface area is 210 Å². The van der Waals surface area contributed by atoms with E-state index in [9.17, 15) is 4.79 Å². The van der Waals surface area contributed by atoms with Crippen molar-refractivity contribution in [1.29, 1.82) is 0 Å². The van der Waals surface area contributed by atoms with Crippen LogP contribution in [0.5, 0.6) is 0 Å². The zero-order valence-corrected chi connectivity index (χ0v) is 20.7. The summed E-state index contributed by atoms with van der Waals surface area (Å²) in [7, 11) is 0. The SMILES string of the molecule is Nn1c(N/N=C/c2cccs2)nnc1SCC(=O)Nc1nnc(SCc2ccccc2Cl)s1. The number of thioether (sulfide) groups is 2. The molecule has 0 saturated heterocycles. The van der Waals surface area contributed by atoms with Gasteiger partial charge in [-0.2, -0.15) is 5.10 Å². The van der Waals surface area contributed by atoms with Gasteiger partial charge in [-0.05, 0) is 23.1 Å². The van der Waals surface area contributed by atoms with E-state index < -0.39 is 0 Å². The fourth-order valence-corrected chi connectivity index (χ4v) is 5.62. The fourth-order valence-electron chi connectivity index (χ4n) is 2.33. The van der Waals surface area contributed by atoms with Gasteiger partial charge in [-0.15, -0.1) is 31.7 Å². The zero-order chi connectivity index (χ0) is 23.0. The van der Waals surface area contributed by atoms with Gasteiger partial charge < -0.3 is 5.84 Å². The Morgan fingerprint density at radius 2 is 2.06 bits per heavy atom. The van der Waals surface area contributed by atoms with Gasteiger partial charge in [0, 0.05) is 15.7 Å². The van der Waals surface area contributed by atoms with E-state index in [1.807, 2.05) is 41.8 Å². The van der Waals surface area contributed by atoms with Crippen molar-refractivity contribution >= 4 is 81.0 Å². The maximum absolute atomic E-state index is 12.3. The average Bonchev–Trinajstić information content (AvgIpc) is 3.55. The number of hydrogen-bond donors (Lipinski definition) is 3. The highest BCUT2D eigenvalue weighted by molar-refractivity contribution is 8.00. The van der Waals surface area contributed by atoms with Crippen molar-refractivity contribution in [1.82, 2.24) is 25.1 Å². The summed E-state index contributed by atoms with van der Waals surface area (Å²) >= 11 is 11.7. The molecule has 4 rings (SSSR count). The molecule has 3 aromatic heterocycles. The topological polar surface area (TPSA) is 136 Å². The molecular weight excluding hydrogens is 522 g/mol. The van der Waals surface area contributed by atoms with E-state index in [-0.39, 0.29) is 17.6 Å². The third-order valence-corrected chi connectivity index (χ3v) is 8.00. The molecule has 15 heteroatoms. The molecule has 33 heavy (non-hydrogen) atoms. The summed E-state index contributed by atoms with van der Waals surface area (Å²) in [5.41, 5.74) is 3.74. The molecule has 0 unspecified atom stereocenters. The number of amides is 1. The van der Waals surface area contributed by atoms with E-state index in [0.29, 0.717) is 21.1 Å². The third kappa shape index (κ3) is 6.68. The molecule has 0 spiro atoms. The lowest BCUT2D eigenvalue weighted by atomic mass is 10.2. The van der Waals surface area contributed by atoms with Gasteiger partial charge in [0.1, 0.15) is 0 Å². The Morgan fingerprint density at radius 3 is 2.88 bits per heavy atom. The van der Waals surface area contributed by atoms with Crippen molar-refractivity contribution in [2.24, 2.45) is 5.10 Å².